The van der Waals surface area contributed by atoms with Crippen molar-refractivity contribution < 1.29 is 9.18 Å². The molecule has 0 aliphatic carbocycles. The summed E-state index contributed by atoms with van der Waals surface area (Å²) in [7, 11) is 0. The first-order valence-electron chi connectivity index (χ1n) is 8.56. The molecule has 0 saturated heterocycles. The van der Waals surface area contributed by atoms with E-state index in [1.807, 2.05) is 72.8 Å². The average Bonchev–Trinajstić information content (AvgIpc) is 2.64. The van der Waals surface area contributed by atoms with Crippen LogP contribution in [0.1, 0.15) is 23.6 Å². The number of rotatable bonds is 1. The lowest BCUT2D eigenvalue weighted by atomic mass is 9.95. The maximum absolute atomic E-state index is 14.7. The van der Waals surface area contributed by atoms with Crippen LogP contribution >= 0.6 is 0 Å². The summed E-state index contributed by atoms with van der Waals surface area (Å²) in [6.07, 6.45) is 3.86. The predicted octanol–water partition coefficient (Wildman–Crippen LogP) is 5.53. The second kappa shape index (κ2) is 6.60. The standard InChI is InChI=1S/C23H18FNO/c1-16(26)25-15-20-13-21(17-7-3-2-4-8-17)22(24)14-19(20)12-11-18-9-5-6-10-23(18)25/h2-14H,15H2,1H3/b12-11-. The minimum atomic E-state index is -0.261. The highest BCUT2D eigenvalue weighted by Gasteiger charge is 2.19. The smallest absolute Gasteiger partial charge is 0.224 e. The molecule has 3 heteroatoms. The molecular weight excluding hydrogens is 325 g/mol. The third-order valence-electron chi connectivity index (χ3n) is 4.69. The highest BCUT2D eigenvalue weighted by atomic mass is 19.1. The molecule has 128 valence electrons. The van der Waals surface area contributed by atoms with E-state index in [0.29, 0.717) is 12.1 Å². The normalized spacial score (nSPS) is 14.0. The summed E-state index contributed by atoms with van der Waals surface area (Å²) in [4.78, 5) is 14.0. The third kappa shape index (κ3) is 2.92. The number of benzene rings is 3. The van der Waals surface area contributed by atoms with Crippen molar-refractivity contribution in [3.05, 3.63) is 89.2 Å². The number of carbonyl (C=O) groups excluding carboxylic acids is 1. The minimum absolute atomic E-state index is 0.0377. The Hall–Kier alpha value is -3.20. The van der Waals surface area contributed by atoms with Crippen molar-refractivity contribution in [3.63, 3.8) is 0 Å². The molecule has 1 heterocycles. The lowest BCUT2D eigenvalue weighted by Crippen LogP contribution is -2.29. The monoisotopic (exact) mass is 343 g/mol. The molecule has 3 aromatic rings. The van der Waals surface area contributed by atoms with Crippen LogP contribution in [0.2, 0.25) is 0 Å². The Morgan fingerprint density at radius 3 is 2.38 bits per heavy atom. The van der Waals surface area contributed by atoms with E-state index in [2.05, 4.69) is 0 Å². The van der Waals surface area contributed by atoms with Crippen molar-refractivity contribution in [1.29, 1.82) is 0 Å². The van der Waals surface area contributed by atoms with Gasteiger partial charge in [0.2, 0.25) is 5.91 Å². The first kappa shape index (κ1) is 16.3. The molecule has 4 rings (SSSR count). The summed E-state index contributed by atoms with van der Waals surface area (Å²) in [5.74, 6) is -0.299. The van der Waals surface area contributed by atoms with Gasteiger partial charge in [-0.3, -0.25) is 4.79 Å². The van der Waals surface area contributed by atoms with Crippen LogP contribution in [0.4, 0.5) is 10.1 Å². The molecule has 0 spiro atoms. The van der Waals surface area contributed by atoms with E-state index < -0.39 is 0 Å². The van der Waals surface area contributed by atoms with Crippen molar-refractivity contribution >= 4 is 23.7 Å². The van der Waals surface area contributed by atoms with Crippen molar-refractivity contribution in [2.75, 3.05) is 4.90 Å². The molecule has 0 N–H and O–H groups in total. The number of halogens is 1. The van der Waals surface area contributed by atoms with Crippen LogP contribution in [-0.4, -0.2) is 5.91 Å². The summed E-state index contributed by atoms with van der Waals surface area (Å²) in [5.41, 5.74) is 4.91. The second-order valence-corrected chi connectivity index (χ2v) is 6.39. The van der Waals surface area contributed by atoms with Crippen LogP contribution in [0.3, 0.4) is 0 Å². The van der Waals surface area contributed by atoms with Gasteiger partial charge in [0.15, 0.2) is 0 Å². The molecule has 0 saturated carbocycles. The molecule has 0 radical (unpaired) electrons. The van der Waals surface area contributed by atoms with Gasteiger partial charge in [0.1, 0.15) is 5.82 Å². The number of anilines is 1. The molecule has 3 aromatic carbocycles. The van der Waals surface area contributed by atoms with Gasteiger partial charge >= 0.3 is 0 Å². The van der Waals surface area contributed by atoms with Gasteiger partial charge in [-0.2, -0.15) is 0 Å². The summed E-state index contributed by atoms with van der Waals surface area (Å²) >= 11 is 0. The molecule has 0 unspecified atom stereocenters. The van der Waals surface area contributed by atoms with Crippen molar-refractivity contribution in [1.82, 2.24) is 0 Å². The molecule has 2 nitrogen and oxygen atoms in total. The van der Waals surface area contributed by atoms with E-state index >= 15 is 0 Å². The average molecular weight is 343 g/mol. The van der Waals surface area contributed by atoms with Gasteiger partial charge in [0, 0.05) is 12.5 Å². The fourth-order valence-corrected chi connectivity index (χ4v) is 3.35. The van der Waals surface area contributed by atoms with Gasteiger partial charge in [-0.1, -0.05) is 60.7 Å². The largest absolute Gasteiger partial charge is 0.308 e. The number of nitrogens with zero attached hydrogens (tertiary/aromatic N) is 1. The van der Waals surface area contributed by atoms with E-state index in [4.69, 9.17) is 0 Å². The zero-order chi connectivity index (χ0) is 18.1. The number of carbonyl (C=O) groups is 1. The first-order valence-corrected chi connectivity index (χ1v) is 8.56. The SMILES string of the molecule is CC(=O)N1Cc2cc(-c3ccccc3)c(F)cc2/C=C\c2ccccc21. The minimum Gasteiger partial charge on any atom is -0.308 e. The first-order chi connectivity index (χ1) is 12.6. The van der Waals surface area contributed by atoms with E-state index in [1.165, 1.54) is 0 Å². The Morgan fingerprint density at radius 1 is 0.923 bits per heavy atom. The lowest BCUT2D eigenvalue weighted by Gasteiger charge is -2.26. The molecular formula is C23H18FNO. The van der Waals surface area contributed by atoms with Gasteiger partial charge in [0.05, 0.1) is 12.2 Å². The second-order valence-electron chi connectivity index (χ2n) is 6.39. The number of para-hydroxylation sites is 1. The molecule has 0 bridgehead atoms. The summed E-state index contributed by atoms with van der Waals surface area (Å²) < 4.78 is 14.7. The quantitative estimate of drug-likeness (QED) is 0.569. The van der Waals surface area contributed by atoms with Gasteiger partial charge in [0.25, 0.3) is 0 Å². The fourth-order valence-electron chi connectivity index (χ4n) is 3.35. The highest BCUT2D eigenvalue weighted by molar-refractivity contribution is 5.95. The zero-order valence-electron chi connectivity index (χ0n) is 14.4. The maximum atomic E-state index is 14.7. The topological polar surface area (TPSA) is 20.3 Å². The van der Waals surface area contributed by atoms with Crippen LogP contribution in [0.15, 0.2) is 66.7 Å². The maximum Gasteiger partial charge on any atom is 0.224 e. The van der Waals surface area contributed by atoms with Crippen LogP contribution in [-0.2, 0) is 11.3 Å². The van der Waals surface area contributed by atoms with E-state index in [9.17, 15) is 9.18 Å². The molecule has 1 aliphatic rings. The van der Waals surface area contributed by atoms with Gasteiger partial charge in [-0.15, -0.1) is 0 Å². The molecule has 0 atom stereocenters. The van der Waals surface area contributed by atoms with Gasteiger partial charge in [-0.25, -0.2) is 4.39 Å². The lowest BCUT2D eigenvalue weighted by molar-refractivity contribution is -0.116. The fraction of sp³-hybridized carbons (Fsp3) is 0.0870. The Labute approximate surface area is 152 Å². The molecule has 26 heavy (non-hydrogen) atoms. The number of hydrogen-bond acceptors (Lipinski definition) is 1. The summed E-state index contributed by atoms with van der Waals surface area (Å²) in [5, 5.41) is 0. The molecule has 1 amide bonds. The zero-order valence-corrected chi connectivity index (χ0v) is 14.4. The summed E-state index contributed by atoms with van der Waals surface area (Å²) in [6, 6.07) is 20.6. The van der Waals surface area contributed by atoms with E-state index in [1.54, 1.807) is 17.9 Å². The molecule has 0 fully saturated rings. The number of amides is 1. The Bertz CT molecular complexity index is 1010. The summed E-state index contributed by atoms with van der Waals surface area (Å²) in [6.45, 7) is 1.97. The van der Waals surface area contributed by atoms with Crippen molar-refractivity contribution in [3.8, 4) is 11.1 Å². The van der Waals surface area contributed by atoms with Crippen molar-refractivity contribution in [2.24, 2.45) is 0 Å². The van der Waals surface area contributed by atoms with Crippen LogP contribution < -0.4 is 4.90 Å². The van der Waals surface area contributed by atoms with Gasteiger partial charge in [-0.05, 0) is 40.5 Å². The van der Waals surface area contributed by atoms with E-state index in [0.717, 1.165) is 27.9 Å². The molecule has 1 aliphatic heterocycles. The van der Waals surface area contributed by atoms with E-state index in [-0.39, 0.29) is 11.7 Å². The predicted molar refractivity (Wildman–Crippen MR) is 104 cm³/mol. The Kier molecular flexibility index (Phi) is 4.13. The number of hydrogen-bond donors (Lipinski definition) is 0. The molecule has 0 aromatic heterocycles. The van der Waals surface area contributed by atoms with Crippen LogP contribution in [0.25, 0.3) is 23.3 Å². The highest BCUT2D eigenvalue weighted by Crippen LogP contribution is 2.32. The van der Waals surface area contributed by atoms with Crippen LogP contribution in [0, 0.1) is 5.82 Å². The Balaban J connectivity index is 1.89. The number of fused-ring (bicyclic) bond motifs is 2. The Morgan fingerprint density at radius 2 is 1.62 bits per heavy atom. The third-order valence-corrected chi connectivity index (χ3v) is 4.69. The van der Waals surface area contributed by atoms with Crippen LogP contribution in [0.5, 0.6) is 0 Å². The van der Waals surface area contributed by atoms with Gasteiger partial charge < -0.3 is 4.90 Å². The van der Waals surface area contributed by atoms with Crippen molar-refractivity contribution in [2.45, 2.75) is 13.5 Å².